The molecule has 0 aliphatic carbocycles. The van der Waals surface area contributed by atoms with E-state index in [0.29, 0.717) is 6.07 Å². The van der Waals surface area contributed by atoms with Crippen LogP contribution in [0.3, 0.4) is 0 Å². The first kappa shape index (κ1) is 14.6. The van der Waals surface area contributed by atoms with Crippen molar-refractivity contribution in [2.24, 2.45) is 0 Å². The predicted octanol–water partition coefficient (Wildman–Crippen LogP) is 2.58. The molecule has 0 amide bonds. The van der Waals surface area contributed by atoms with Crippen LogP contribution in [0.25, 0.3) is 0 Å². The molecule has 0 aliphatic rings. The molecule has 0 bridgehead atoms. The zero-order chi connectivity index (χ0) is 14.6. The van der Waals surface area contributed by atoms with Crippen molar-refractivity contribution in [1.82, 2.24) is 4.72 Å². The Bertz CT molecular complexity index is 688. The number of hydrogen-bond donors (Lipinski definition) is 1. The highest BCUT2D eigenvalue weighted by Gasteiger charge is 2.14. The highest BCUT2D eigenvalue weighted by atomic mass is 32.2. The second-order valence-corrected chi connectivity index (χ2v) is 6.11. The van der Waals surface area contributed by atoms with E-state index in [1.54, 1.807) is 24.3 Å². The Labute approximate surface area is 116 Å². The number of hydrogen-bond acceptors (Lipinski definition) is 2. The third-order valence-corrected chi connectivity index (χ3v) is 3.97. The van der Waals surface area contributed by atoms with Gasteiger partial charge in [-0.15, -0.1) is 0 Å². The minimum absolute atomic E-state index is 0.0630. The summed E-state index contributed by atoms with van der Waals surface area (Å²) in [5.74, 6) is -2.12. The molecule has 0 aliphatic heterocycles. The minimum Gasteiger partial charge on any atom is -0.212 e. The maximum atomic E-state index is 13.4. The van der Waals surface area contributed by atoms with E-state index >= 15 is 0 Å². The second kappa shape index (κ2) is 6.11. The van der Waals surface area contributed by atoms with Gasteiger partial charge in [-0.3, -0.25) is 0 Å². The summed E-state index contributed by atoms with van der Waals surface area (Å²) in [4.78, 5) is 0. The Morgan fingerprint density at radius 3 is 2.35 bits per heavy atom. The molecule has 2 aromatic rings. The summed E-state index contributed by atoms with van der Waals surface area (Å²) in [6, 6.07) is 11.8. The maximum Gasteiger partial charge on any atom is 0.216 e. The van der Waals surface area contributed by atoms with Crippen LogP contribution in [0.4, 0.5) is 8.78 Å². The Kier molecular flexibility index (Phi) is 4.46. The van der Waals surface area contributed by atoms with Gasteiger partial charge in [-0.2, -0.15) is 0 Å². The van der Waals surface area contributed by atoms with Gasteiger partial charge in [-0.1, -0.05) is 36.4 Å². The van der Waals surface area contributed by atoms with Gasteiger partial charge in [0.1, 0.15) is 11.6 Å². The van der Waals surface area contributed by atoms with Crippen LogP contribution in [0, 0.1) is 11.6 Å². The standard InChI is InChI=1S/C14H13F2NO2S/c15-13-7-6-12(14(16)8-13)10-20(18,19)17-9-11-4-2-1-3-5-11/h1-8,17H,9-10H2. The van der Waals surface area contributed by atoms with Crippen LogP contribution in [0.5, 0.6) is 0 Å². The molecule has 20 heavy (non-hydrogen) atoms. The smallest absolute Gasteiger partial charge is 0.212 e. The van der Waals surface area contributed by atoms with Crippen LogP contribution < -0.4 is 4.72 Å². The van der Waals surface area contributed by atoms with Crippen molar-refractivity contribution in [3.8, 4) is 0 Å². The van der Waals surface area contributed by atoms with Gasteiger partial charge in [-0.05, 0) is 11.6 Å². The Hall–Kier alpha value is -1.79. The molecular weight excluding hydrogens is 284 g/mol. The van der Waals surface area contributed by atoms with Crippen molar-refractivity contribution in [3.63, 3.8) is 0 Å². The number of halogens is 2. The van der Waals surface area contributed by atoms with Crippen molar-refractivity contribution < 1.29 is 17.2 Å². The van der Waals surface area contributed by atoms with Gasteiger partial charge in [0.25, 0.3) is 0 Å². The normalized spacial score (nSPS) is 11.5. The molecule has 1 N–H and O–H groups in total. The number of nitrogens with one attached hydrogen (secondary N) is 1. The number of sulfonamides is 1. The lowest BCUT2D eigenvalue weighted by Gasteiger charge is -2.07. The molecule has 3 nitrogen and oxygen atoms in total. The molecule has 2 aromatic carbocycles. The molecule has 0 heterocycles. The molecule has 106 valence electrons. The summed E-state index contributed by atoms with van der Waals surface area (Å²) in [7, 11) is -3.68. The monoisotopic (exact) mass is 297 g/mol. The van der Waals surface area contributed by atoms with Crippen molar-refractivity contribution in [3.05, 3.63) is 71.3 Å². The lowest BCUT2D eigenvalue weighted by atomic mass is 10.2. The highest BCUT2D eigenvalue weighted by molar-refractivity contribution is 7.88. The molecule has 6 heteroatoms. The first-order valence-electron chi connectivity index (χ1n) is 5.91. The summed E-state index contributed by atoms with van der Waals surface area (Å²) in [5.41, 5.74) is 0.739. The van der Waals surface area contributed by atoms with E-state index in [1.165, 1.54) is 0 Å². The summed E-state index contributed by atoms with van der Waals surface area (Å²) in [6.07, 6.45) is 0. The van der Waals surface area contributed by atoms with Crippen molar-refractivity contribution in [1.29, 1.82) is 0 Å². The van der Waals surface area contributed by atoms with Gasteiger partial charge >= 0.3 is 0 Å². The largest absolute Gasteiger partial charge is 0.216 e. The number of rotatable bonds is 5. The van der Waals surface area contributed by atoms with E-state index < -0.39 is 27.4 Å². The van der Waals surface area contributed by atoms with Crippen LogP contribution in [-0.2, 0) is 22.3 Å². The van der Waals surface area contributed by atoms with Crippen molar-refractivity contribution in [2.45, 2.75) is 12.3 Å². The van der Waals surface area contributed by atoms with Crippen LogP contribution in [-0.4, -0.2) is 8.42 Å². The Morgan fingerprint density at radius 2 is 1.70 bits per heavy atom. The molecule has 0 spiro atoms. The quantitative estimate of drug-likeness (QED) is 0.922. The van der Waals surface area contributed by atoms with Crippen LogP contribution >= 0.6 is 0 Å². The summed E-state index contributed by atoms with van der Waals surface area (Å²) in [6.45, 7) is 0.131. The molecule has 0 aromatic heterocycles. The number of benzene rings is 2. The van der Waals surface area contributed by atoms with E-state index in [0.717, 1.165) is 17.7 Å². The first-order chi connectivity index (χ1) is 9.46. The van der Waals surface area contributed by atoms with Crippen molar-refractivity contribution in [2.75, 3.05) is 0 Å². The van der Waals surface area contributed by atoms with E-state index in [1.807, 2.05) is 6.07 Å². The summed E-state index contributed by atoms with van der Waals surface area (Å²) in [5, 5.41) is 0. The van der Waals surface area contributed by atoms with E-state index in [-0.39, 0.29) is 12.1 Å². The molecule has 0 saturated carbocycles. The zero-order valence-electron chi connectivity index (χ0n) is 10.5. The molecule has 2 rings (SSSR count). The average Bonchev–Trinajstić information content (AvgIpc) is 2.41. The fourth-order valence-corrected chi connectivity index (χ4v) is 2.82. The second-order valence-electron chi connectivity index (χ2n) is 4.30. The topological polar surface area (TPSA) is 46.2 Å². The minimum atomic E-state index is -3.68. The first-order valence-corrected chi connectivity index (χ1v) is 7.57. The molecule has 0 fully saturated rings. The van der Waals surface area contributed by atoms with Gasteiger partial charge in [0.15, 0.2) is 0 Å². The van der Waals surface area contributed by atoms with E-state index in [9.17, 15) is 17.2 Å². The highest BCUT2D eigenvalue weighted by Crippen LogP contribution is 2.12. The summed E-state index contributed by atoms with van der Waals surface area (Å²) >= 11 is 0. The Morgan fingerprint density at radius 1 is 1.00 bits per heavy atom. The lowest BCUT2D eigenvalue weighted by molar-refractivity contribution is 0.564. The van der Waals surface area contributed by atoms with Gasteiger partial charge in [0.05, 0.1) is 5.75 Å². The Balaban J connectivity index is 2.04. The maximum absolute atomic E-state index is 13.4. The molecule has 0 atom stereocenters. The third kappa shape index (κ3) is 4.11. The average molecular weight is 297 g/mol. The molecule has 0 radical (unpaired) electrons. The molecule has 0 saturated heterocycles. The third-order valence-electron chi connectivity index (χ3n) is 2.70. The fraction of sp³-hybridized carbons (Fsp3) is 0.143. The zero-order valence-corrected chi connectivity index (χ0v) is 11.3. The SMILES string of the molecule is O=S(=O)(Cc1ccc(F)cc1F)NCc1ccccc1. The summed E-state index contributed by atoms with van der Waals surface area (Å²) < 4.78 is 52.2. The van der Waals surface area contributed by atoms with Crippen LogP contribution in [0.1, 0.15) is 11.1 Å². The van der Waals surface area contributed by atoms with Gasteiger partial charge in [-0.25, -0.2) is 21.9 Å². The van der Waals surface area contributed by atoms with Gasteiger partial charge in [0, 0.05) is 18.2 Å². The van der Waals surface area contributed by atoms with E-state index in [2.05, 4.69) is 4.72 Å². The fourth-order valence-electron chi connectivity index (χ4n) is 1.68. The van der Waals surface area contributed by atoms with Gasteiger partial charge < -0.3 is 0 Å². The predicted molar refractivity (Wildman–Crippen MR) is 72.3 cm³/mol. The van der Waals surface area contributed by atoms with Gasteiger partial charge in [0.2, 0.25) is 10.0 Å². The molecular formula is C14H13F2NO2S. The van der Waals surface area contributed by atoms with Crippen LogP contribution in [0.15, 0.2) is 48.5 Å². The van der Waals surface area contributed by atoms with E-state index in [4.69, 9.17) is 0 Å². The van der Waals surface area contributed by atoms with Crippen molar-refractivity contribution >= 4 is 10.0 Å². The lowest BCUT2D eigenvalue weighted by Crippen LogP contribution is -2.25. The molecule has 0 unspecified atom stereocenters. The van der Waals surface area contributed by atoms with Crippen LogP contribution in [0.2, 0.25) is 0 Å².